The Labute approximate surface area is 219 Å². The van der Waals surface area contributed by atoms with Crippen LogP contribution in [-0.4, -0.2) is 50.8 Å². The van der Waals surface area contributed by atoms with Gasteiger partial charge in [0.15, 0.2) is 0 Å². The van der Waals surface area contributed by atoms with E-state index in [2.05, 4.69) is 32.0 Å². The van der Waals surface area contributed by atoms with Gasteiger partial charge >= 0.3 is 5.97 Å². The largest absolute Gasteiger partial charge is 0.465 e. The molecule has 1 saturated heterocycles. The van der Waals surface area contributed by atoms with E-state index in [1.807, 2.05) is 31.2 Å². The number of hydrogen-bond acceptors (Lipinski definition) is 6. The van der Waals surface area contributed by atoms with Crippen molar-refractivity contribution in [1.82, 2.24) is 24.5 Å². The highest BCUT2D eigenvalue weighted by atomic mass is 19.1. The van der Waals surface area contributed by atoms with Crippen molar-refractivity contribution in [3.05, 3.63) is 77.4 Å². The van der Waals surface area contributed by atoms with E-state index in [9.17, 15) is 4.79 Å². The van der Waals surface area contributed by atoms with Gasteiger partial charge in [-0.2, -0.15) is 0 Å². The van der Waals surface area contributed by atoms with E-state index in [0.29, 0.717) is 46.6 Å². The van der Waals surface area contributed by atoms with Crippen LogP contribution in [0.5, 0.6) is 0 Å². The van der Waals surface area contributed by atoms with Gasteiger partial charge in [-0.25, -0.2) is 13.9 Å². The van der Waals surface area contributed by atoms with Gasteiger partial charge in [0, 0.05) is 37.4 Å². The van der Waals surface area contributed by atoms with Gasteiger partial charge in [0.25, 0.3) is 0 Å². The van der Waals surface area contributed by atoms with Crippen LogP contribution < -0.4 is 0 Å². The lowest BCUT2D eigenvalue weighted by molar-refractivity contribution is 0.0553. The van der Waals surface area contributed by atoms with Crippen molar-refractivity contribution in [2.75, 3.05) is 20.3 Å². The summed E-state index contributed by atoms with van der Waals surface area (Å²) in [5, 5.41) is 8.91. The van der Waals surface area contributed by atoms with E-state index in [0.717, 1.165) is 29.4 Å². The average molecular weight is 514 g/mol. The Morgan fingerprint density at radius 3 is 2.58 bits per heavy atom. The summed E-state index contributed by atoms with van der Waals surface area (Å²) >= 11 is 0. The third-order valence-electron chi connectivity index (χ3n) is 7.53. The van der Waals surface area contributed by atoms with E-state index >= 15 is 4.39 Å². The third kappa shape index (κ3) is 3.94. The van der Waals surface area contributed by atoms with Crippen LogP contribution in [0.3, 0.4) is 0 Å². The minimum Gasteiger partial charge on any atom is -0.465 e. The number of aryl methyl sites for hydroxylation is 2. The topological polar surface area (TPSA) is 84.1 Å². The molecular formula is C29H28FN5O3. The summed E-state index contributed by atoms with van der Waals surface area (Å²) in [6, 6.07) is 15.4. The second-order valence-electron chi connectivity index (χ2n) is 9.75. The fraction of sp³-hybridized carbons (Fsp3) is 0.310. The quantitative estimate of drug-likeness (QED) is 0.299. The van der Waals surface area contributed by atoms with Crippen LogP contribution in [0.2, 0.25) is 0 Å². The molecule has 6 rings (SSSR count). The number of esters is 1. The summed E-state index contributed by atoms with van der Waals surface area (Å²) in [5.41, 5.74) is 5.35. The van der Waals surface area contributed by atoms with Crippen molar-refractivity contribution in [1.29, 1.82) is 0 Å². The maximum absolute atomic E-state index is 15.7. The Hall–Kier alpha value is -4.11. The summed E-state index contributed by atoms with van der Waals surface area (Å²) in [6.07, 6.45) is 3.25. The minimum atomic E-state index is -0.470. The van der Waals surface area contributed by atoms with Crippen LogP contribution in [-0.2, 0) is 16.5 Å². The van der Waals surface area contributed by atoms with Gasteiger partial charge in [-0.05, 0) is 49.4 Å². The Kier molecular flexibility index (Phi) is 6.15. The Morgan fingerprint density at radius 1 is 1.13 bits per heavy atom. The molecule has 4 heterocycles. The van der Waals surface area contributed by atoms with Crippen LogP contribution >= 0.6 is 0 Å². The molecule has 0 amide bonds. The zero-order valence-electron chi connectivity index (χ0n) is 21.5. The predicted octanol–water partition coefficient (Wildman–Crippen LogP) is 5.24. The molecule has 0 radical (unpaired) electrons. The smallest absolute Gasteiger partial charge is 0.339 e. The van der Waals surface area contributed by atoms with Crippen LogP contribution in [0, 0.1) is 18.7 Å². The van der Waals surface area contributed by atoms with Gasteiger partial charge in [-0.15, -0.1) is 5.10 Å². The third-order valence-corrected chi connectivity index (χ3v) is 7.53. The second kappa shape index (κ2) is 9.64. The fourth-order valence-electron chi connectivity index (χ4n) is 5.78. The molecule has 8 nitrogen and oxygen atoms in total. The van der Waals surface area contributed by atoms with E-state index < -0.39 is 5.97 Å². The van der Waals surface area contributed by atoms with Crippen molar-refractivity contribution in [3.63, 3.8) is 0 Å². The van der Waals surface area contributed by atoms with Crippen molar-refractivity contribution in [3.8, 4) is 11.3 Å². The first-order valence-corrected chi connectivity index (χ1v) is 12.7. The van der Waals surface area contributed by atoms with Gasteiger partial charge in [0.2, 0.25) is 0 Å². The molecule has 0 bridgehead atoms. The van der Waals surface area contributed by atoms with Crippen molar-refractivity contribution >= 4 is 27.9 Å². The first-order valence-electron chi connectivity index (χ1n) is 12.7. The normalized spacial score (nSPS) is 15.3. The number of methoxy groups -OCH3 is 1. The molecule has 2 aromatic carbocycles. The minimum absolute atomic E-state index is 0.0844. The number of fused-ring (bicyclic) bond motifs is 3. The highest BCUT2D eigenvalue weighted by Crippen LogP contribution is 2.42. The van der Waals surface area contributed by atoms with Crippen molar-refractivity contribution < 1.29 is 18.7 Å². The summed E-state index contributed by atoms with van der Waals surface area (Å²) in [6.45, 7) is 3.17. The van der Waals surface area contributed by atoms with Crippen molar-refractivity contribution in [2.24, 2.45) is 13.0 Å². The van der Waals surface area contributed by atoms with Crippen LogP contribution in [0.25, 0.3) is 33.2 Å². The molecule has 5 aromatic rings. The van der Waals surface area contributed by atoms with E-state index in [4.69, 9.17) is 9.47 Å². The number of rotatable bonds is 5. The summed E-state index contributed by atoms with van der Waals surface area (Å²) < 4.78 is 30.2. The van der Waals surface area contributed by atoms with Gasteiger partial charge in [-0.3, -0.25) is 4.98 Å². The van der Waals surface area contributed by atoms with E-state index in [-0.39, 0.29) is 17.8 Å². The summed E-state index contributed by atoms with van der Waals surface area (Å²) in [5.74, 6) is -0.589. The lowest BCUT2D eigenvalue weighted by Crippen LogP contribution is -2.27. The molecule has 1 aliphatic rings. The predicted molar refractivity (Wildman–Crippen MR) is 141 cm³/mol. The first-order chi connectivity index (χ1) is 18.5. The lowest BCUT2D eigenvalue weighted by atomic mass is 9.86. The highest BCUT2D eigenvalue weighted by Gasteiger charge is 2.31. The molecule has 1 fully saturated rings. The number of ether oxygens (including phenoxy) is 2. The van der Waals surface area contributed by atoms with Gasteiger partial charge in [0.1, 0.15) is 5.82 Å². The molecule has 1 aliphatic heterocycles. The molecule has 194 valence electrons. The lowest BCUT2D eigenvalue weighted by Gasteiger charge is -2.33. The number of halogens is 1. The molecule has 0 aliphatic carbocycles. The highest BCUT2D eigenvalue weighted by molar-refractivity contribution is 6.08. The van der Waals surface area contributed by atoms with E-state index in [1.54, 1.807) is 17.8 Å². The summed E-state index contributed by atoms with van der Waals surface area (Å²) in [7, 11) is 3.11. The number of carbonyl (C=O) groups is 1. The van der Waals surface area contributed by atoms with Crippen LogP contribution in [0.15, 0.2) is 54.7 Å². The molecular weight excluding hydrogens is 485 g/mol. The second-order valence-corrected chi connectivity index (χ2v) is 9.75. The molecule has 3 aromatic heterocycles. The zero-order chi connectivity index (χ0) is 26.4. The Bertz CT molecular complexity index is 1630. The molecule has 0 spiro atoms. The maximum atomic E-state index is 15.7. The average Bonchev–Trinajstić information content (AvgIpc) is 3.44. The Morgan fingerprint density at radius 2 is 1.89 bits per heavy atom. The van der Waals surface area contributed by atoms with E-state index in [1.165, 1.54) is 19.4 Å². The van der Waals surface area contributed by atoms with Gasteiger partial charge in [-0.1, -0.05) is 35.5 Å². The standard InChI is InChI=1S/C29H28FN5O3/c1-17-27(34(2)33-32-17)21-15-24-22(14-23(21)30)26-25(13-20(16-31-26)29(36)37-3)35(24)28(18-7-5-4-6-8-18)19-9-11-38-12-10-19/h4-8,13-16,19,28H,9-12H2,1-3H3/t28-/m1/s1. The first kappa shape index (κ1) is 24.2. The van der Waals surface area contributed by atoms with Gasteiger partial charge < -0.3 is 14.0 Å². The molecule has 0 saturated carbocycles. The van der Waals surface area contributed by atoms with Crippen LogP contribution in [0.1, 0.15) is 40.5 Å². The summed E-state index contributed by atoms with van der Waals surface area (Å²) in [4.78, 5) is 17.1. The molecule has 0 N–H and O–H groups in total. The number of aromatic nitrogens is 5. The van der Waals surface area contributed by atoms with Crippen LogP contribution in [0.4, 0.5) is 4.39 Å². The fourth-order valence-corrected chi connectivity index (χ4v) is 5.78. The molecule has 38 heavy (non-hydrogen) atoms. The molecule has 9 heteroatoms. The number of carbonyl (C=O) groups excluding carboxylic acids is 1. The van der Waals surface area contributed by atoms with Crippen molar-refractivity contribution in [2.45, 2.75) is 25.8 Å². The number of nitrogens with zero attached hydrogens (tertiary/aromatic N) is 5. The monoisotopic (exact) mass is 513 g/mol. The van der Waals surface area contributed by atoms with Gasteiger partial charge in [0.05, 0.1) is 46.7 Å². The Balaban J connectivity index is 1.71. The maximum Gasteiger partial charge on any atom is 0.339 e. The number of pyridine rings is 1. The number of hydrogen-bond donors (Lipinski definition) is 0. The molecule has 0 unspecified atom stereocenters. The zero-order valence-corrected chi connectivity index (χ0v) is 21.5. The molecule has 1 atom stereocenters. The number of benzene rings is 2. The SMILES string of the molecule is COC(=O)c1cnc2c3cc(F)c(-c4c(C)nnn4C)cc3n([C@H](c3ccccc3)C3CCOCC3)c2c1.